The number of aliphatic carboxylic acids is 1. The van der Waals surface area contributed by atoms with E-state index in [0.29, 0.717) is 0 Å². The standard InChI is InChI=1S/C8H4Cl4O3/c9-3-1-2(7(13)8(14)15)4(10)6(12)5(3)11/h1,7,13H,(H,14,15). The molecule has 0 saturated carbocycles. The summed E-state index contributed by atoms with van der Waals surface area (Å²) in [5.74, 6) is -1.45. The molecule has 15 heavy (non-hydrogen) atoms. The third kappa shape index (κ3) is 2.49. The first-order valence-corrected chi connectivity index (χ1v) is 5.11. The van der Waals surface area contributed by atoms with Crippen molar-refractivity contribution in [1.82, 2.24) is 0 Å². The zero-order valence-corrected chi connectivity index (χ0v) is 9.99. The predicted molar refractivity (Wildman–Crippen MR) is 59.1 cm³/mol. The fourth-order valence-corrected chi connectivity index (χ4v) is 1.84. The maximum atomic E-state index is 10.5. The number of carbonyl (C=O) groups is 1. The molecule has 1 aromatic rings. The number of benzene rings is 1. The van der Waals surface area contributed by atoms with Gasteiger partial charge >= 0.3 is 5.97 Å². The fraction of sp³-hybridized carbons (Fsp3) is 0.125. The second-order valence-electron chi connectivity index (χ2n) is 2.63. The van der Waals surface area contributed by atoms with Crippen LogP contribution in [0.2, 0.25) is 20.1 Å². The summed E-state index contributed by atoms with van der Waals surface area (Å²) >= 11 is 22.7. The van der Waals surface area contributed by atoms with Crippen molar-refractivity contribution in [3.05, 3.63) is 31.7 Å². The zero-order valence-electron chi connectivity index (χ0n) is 6.97. The molecule has 1 unspecified atom stereocenters. The Morgan fingerprint density at radius 3 is 2.13 bits per heavy atom. The minimum absolute atomic E-state index is 0.0182. The molecule has 1 rings (SSSR count). The van der Waals surface area contributed by atoms with Gasteiger partial charge in [0.15, 0.2) is 6.10 Å². The molecular weight excluding hydrogens is 286 g/mol. The number of hydrogen-bond donors (Lipinski definition) is 2. The van der Waals surface area contributed by atoms with Crippen LogP contribution in [0, 0.1) is 0 Å². The van der Waals surface area contributed by atoms with Gasteiger partial charge in [0.25, 0.3) is 0 Å². The van der Waals surface area contributed by atoms with Crippen LogP contribution in [0.25, 0.3) is 0 Å². The molecule has 2 N–H and O–H groups in total. The Morgan fingerprint density at radius 1 is 1.13 bits per heavy atom. The van der Waals surface area contributed by atoms with Crippen LogP contribution < -0.4 is 0 Å². The van der Waals surface area contributed by atoms with Gasteiger partial charge in [-0.3, -0.25) is 0 Å². The Bertz CT molecular complexity index is 419. The van der Waals surface area contributed by atoms with Gasteiger partial charge < -0.3 is 10.2 Å². The Balaban J connectivity index is 3.38. The summed E-state index contributed by atoms with van der Waals surface area (Å²) in [7, 11) is 0. The van der Waals surface area contributed by atoms with Crippen molar-refractivity contribution in [3.8, 4) is 0 Å². The van der Waals surface area contributed by atoms with Crippen LogP contribution in [-0.4, -0.2) is 16.2 Å². The summed E-state index contributed by atoms with van der Waals surface area (Å²) in [6.45, 7) is 0. The van der Waals surface area contributed by atoms with Crippen LogP contribution in [0.3, 0.4) is 0 Å². The van der Waals surface area contributed by atoms with E-state index in [2.05, 4.69) is 0 Å². The van der Waals surface area contributed by atoms with Crippen LogP contribution in [-0.2, 0) is 4.79 Å². The number of halogens is 4. The Hall–Kier alpha value is -0.190. The third-order valence-electron chi connectivity index (χ3n) is 1.66. The molecule has 1 aromatic carbocycles. The SMILES string of the molecule is O=C(O)C(O)c1cc(Cl)c(Cl)c(Cl)c1Cl. The van der Waals surface area contributed by atoms with Crippen molar-refractivity contribution < 1.29 is 15.0 Å². The zero-order chi connectivity index (χ0) is 11.7. The molecule has 0 saturated heterocycles. The first kappa shape index (κ1) is 12.9. The van der Waals surface area contributed by atoms with Gasteiger partial charge in [0, 0.05) is 5.56 Å². The van der Waals surface area contributed by atoms with E-state index >= 15 is 0 Å². The number of carboxylic acids is 1. The van der Waals surface area contributed by atoms with Crippen molar-refractivity contribution in [2.24, 2.45) is 0 Å². The minimum Gasteiger partial charge on any atom is -0.479 e. The average molecular weight is 290 g/mol. The fourth-order valence-electron chi connectivity index (χ4n) is 0.923. The summed E-state index contributed by atoms with van der Waals surface area (Å²) in [5.41, 5.74) is -0.0939. The van der Waals surface area contributed by atoms with E-state index in [0.717, 1.165) is 6.07 Å². The molecule has 0 radical (unpaired) electrons. The normalized spacial score (nSPS) is 12.6. The lowest BCUT2D eigenvalue weighted by molar-refractivity contribution is -0.146. The van der Waals surface area contributed by atoms with E-state index < -0.39 is 12.1 Å². The molecule has 0 bridgehead atoms. The van der Waals surface area contributed by atoms with Gasteiger partial charge in [0.1, 0.15) is 0 Å². The van der Waals surface area contributed by atoms with E-state index in [1.807, 2.05) is 0 Å². The molecule has 7 heteroatoms. The molecule has 1 atom stereocenters. The van der Waals surface area contributed by atoms with Gasteiger partial charge in [-0.2, -0.15) is 0 Å². The lowest BCUT2D eigenvalue weighted by Gasteiger charge is -2.11. The maximum absolute atomic E-state index is 10.5. The molecule has 0 aliphatic heterocycles. The molecule has 0 aromatic heterocycles. The Labute approximate surface area is 105 Å². The summed E-state index contributed by atoms with van der Waals surface area (Å²) < 4.78 is 0. The van der Waals surface area contributed by atoms with Gasteiger partial charge in [-0.25, -0.2) is 4.79 Å². The van der Waals surface area contributed by atoms with Crippen LogP contribution in [0.1, 0.15) is 11.7 Å². The smallest absolute Gasteiger partial charge is 0.337 e. The van der Waals surface area contributed by atoms with E-state index in [1.165, 1.54) is 0 Å². The molecule has 0 amide bonds. The van der Waals surface area contributed by atoms with Crippen LogP contribution >= 0.6 is 46.4 Å². The van der Waals surface area contributed by atoms with Gasteiger partial charge in [-0.1, -0.05) is 46.4 Å². The lowest BCUT2D eigenvalue weighted by atomic mass is 10.1. The highest BCUT2D eigenvalue weighted by Gasteiger charge is 2.23. The quantitative estimate of drug-likeness (QED) is 0.648. The second-order valence-corrected chi connectivity index (χ2v) is 4.17. The highest BCUT2D eigenvalue weighted by Crippen LogP contribution is 2.40. The predicted octanol–water partition coefficient (Wildman–Crippen LogP) is 3.42. The highest BCUT2D eigenvalue weighted by molar-refractivity contribution is 6.52. The van der Waals surface area contributed by atoms with Crippen LogP contribution in [0.4, 0.5) is 0 Å². The van der Waals surface area contributed by atoms with Gasteiger partial charge in [-0.15, -0.1) is 0 Å². The van der Waals surface area contributed by atoms with Gasteiger partial charge in [0.2, 0.25) is 0 Å². The topological polar surface area (TPSA) is 57.5 Å². The minimum atomic E-state index is -1.79. The molecule has 0 fully saturated rings. The first-order valence-electron chi connectivity index (χ1n) is 3.60. The Morgan fingerprint density at radius 2 is 1.67 bits per heavy atom. The first-order chi connectivity index (χ1) is 6.86. The Kier molecular flexibility index (Phi) is 4.09. The van der Waals surface area contributed by atoms with Crippen molar-refractivity contribution in [3.63, 3.8) is 0 Å². The average Bonchev–Trinajstić information content (AvgIpc) is 2.19. The maximum Gasteiger partial charge on any atom is 0.337 e. The molecule has 0 spiro atoms. The van der Waals surface area contributed by atoms with Crippen LogP contribution in [0.5, 0.6) is 0 Å². The third-order valence-corrected chi connectivity index (χ3v) is 3.43. The lowest BCUT2D eigenvalue weighted by Crippen LogP contribution is -2.11. The molecule has 3 nitrogen and oxygen atoms in total. The molecular formula is C8H4Cl4O3. The number of carboxylic acid groups (broad SMARTS) is 1. The highest BCUT2D eigenvalue weighted by atomic mass is 35.5. The summed E-state index contributed by atoms with van der Waals surface area (Å²) in [6.07, 6.45) is -1.79. The molecule has 0 aliphatic rings. The number of aliphatic hydroxyl groups is 1. The van der Waals surface area contributed by atoms with E-state index in [9.17, 15) is 9.90 Å². The largest absolute Gasteiger partial charge is 0.479 e. The van der Waals surface area contributed by atoms with Gasteiger partial charge in [-0.05, 0) is 6.07 Å². The monoisotopic (exact) mass is 288 g/mol. The van der Waals surface area contributed by atoms with Crippen LogP contribution in [0.15, 0.2) is 6.07 Å². The number of hydrogen-bond acceptors (Lipinski definition) is 2. The van der Waals surface area contributed by atoms with E-state index in [4.69, 9.17) is 51.5 Å². The number of rotatable bonds is 2. The van der Waals surface area contributed by atoms with Crippen molar-refractivity contribution in [2.45, 2.75) is 6.10 Å². The summed E-state index contributed by atoms with van der Waals surface area (Å²) in [5, 5.41) is 17.7. The summed E-state index contributed by atoms with van der Waals surface area (Å²) in [6, 6.07) is 1.16. The van der Waals surface area contributed by atoms with Gasteiger partial charge in [0.05, 0.1) is 20.1 Å². The molecule has 82 valence electrons. The van der Waals surface area contributed by atoms with Crippen molar-refractivity contribution in [1.29, 1.82) is 0 Å². The van der Waals surface area contributed by atoms with Crippen molar-refractivity contribution in [2.75, 3.05) is 0 Å². The molecule has 0 heterocycles. The van der Waals surface area contributed by atoms with E-state index in [1.54, 1.807) is 0 Å². The molecule has 0 aliphatic carbocycles. The number of aliphatic hydroxyl groups excluding tert-OH is 1. The van der Waals surface area contributed by atoms with Crippen molar-refractivity contribution >= 4 is 52.4 Å². The summed E-state index contributed by atoms with van der Waals surface area (Å²) in [4.78, 5) is 10.5. The second kappa shape index (κ2) is 4.76. The van der Waals surface area contributed by atoms with E-state index in [-0.39, 0.29) is 25.7 Å².